The number of likely N-dealkylation sites (N-methyl/N-ethyl adjacent to an activating group) is 1. The first-order valence-corrected chi connectivity index (χ1v) is 8.99. The van der Waals surface area contributed by atoms with E-state index in [9.17, 15) is 0 Å². The zero-order valence-electron chi connectivity index (χ0n) is 13.9. The molecule has 1 aromatic rings. The molecule has 1 aliphatic rings. The first-order chi connectivity index (χ1) is 10.3. The van der Waals surface area contributed by atoms with Crippen LogP contribution in [0.2, 0.25) is 0 Å². The third-order valence-electron chi connectivity index (χ3n) is 4.84. The second-order valence-corrected chi connectivity index (χ2v) is 6.56. The lowest BCUT2D eigenvalue weighted by molar-refractivity contribution is 0.351. The van der Waals surface area contributed by atoms with Crippen LogP contribution in [0, 0.1) is 5.92 Å². The van der Waals surface area contributed by atoms with Crippen LogP contribution in [0.1, 0.15) is 70.1 Å². The third-order valence-corrected chi connectivity index (χ3v) is 4.84. The van der Waals surface area contributed by atoms with Crippen molar-refractivity contribution < 1.29 is 0 Å². The van der Waals surface area contributed by atoms with Gasteiger partial charge in [0.05, 0.1) is 0 Å². The van der Waals surface area contributed by atoms with Crippen molar-refractivity contribution in [3.05, 3.63) is 29.6 Å². The summed E-state index contributed by atoms with van der Waals surface area (Å²) in [4.78, 5) is 4.64. The van der Waals surface area contributed by atoms with E-state index < -0.39 is 0 Å². The van der Waals surface area contributed by atoms with Gasteiger partial charge in [0.15, 0.2) is 0 Å². The highest BCUT2D eigenvalue weighted by atomic mass is 14.9. The Morgan fingerprint density at radius 3 is 2.48 bits per heavy atom. The number of rotatable bonds is 7. The molecule has 0 spiro atoms. The lowest BCUT2D eigenvalue weighted by Crippen LogP contribution is -2.33. The van der Waals surface area contributed by atoms with Crippen LogP contribution in [-0.4, -0.2) is 17.6 Å². The predicted octanol–water partition coefficient (Wildman–Crippen LogP) is 4.53. The molecular weight excluding hydrogens is 256 g/mol. The smallest absolute Gasteiger partial charge is 0.0419 e. The van der Waals surface area contributed by atoms with Crippen molar-refractivity contribution in [2.45, 2.75) is 77.7 Å². The number of hydrogen-bond acceptors (Lipinski definition) is 2. The van der Waals surface area contributed by atoms with Gasteiger partial charge in [-0.3, -0.25) is 4.98 Å². The number of nitrogens with one attached hydrogen (secondary N) is 1. The molecule has 1 atom stereocenters. The molecule has 0 amide bonds. The minimum Gasteiger partial charge on any atom is -0.314 e. The highest BCUT2D eigenvalue weighted by Crippen LogP contribution is 2.27. The van der Waals surface area contributed by atoms with Crippen molar-refractivity contribution in [1.29, 1.82) is 0 Å². The lowest BCUT2D eigenvalue weighted by atomic mass is 9.90. The summed E-state index contributed by atoms with van der Waals surface area (Å²) in [5, 5.41) is 3.69. The maximum Gasteiger partial charge on any atom is 0.0419 e. The molecule has 1 unspecified atom stereocenters. The van der Waals surface area contributed by atoms with E-state index in [1.165, 1.54) is 56.2 Å². The Balaban J connectivity index is 1.90. The predicted molar refractivity (Wildman–Crippen MR) is 90.6 cm³/mol. The van der Waals surface area contributed by atoms with E-state index >= 15 is 0 Å². The number of hydrogen-bond donors (Lipinski definition) is 1. The number of nitrogens with zero attached hydrogens (tertiary/aromatic N) is 1. The Morgan fingerprint density at radius 2 is 1.90 bits per heavy atom. The van der Waals surface area contributed by atoms with Gasteiger partial charge in [-0.1, -0.05) is 58.4 Å². The number of pyridine rings is 1. The van der Waals surface area contributed by atoms with Crippen LogP contribution in [0.15, 0.2) is 18.3 Å². The largest absolute Gasteiger partial charge is 0.314 e. The van der Waals surface area contributed by atoms with Gasteiger partial charge >= 0.3 is 0 Å². The minimum atomic E-state index is 0.595. The second-order valence-electron chi connectivity index (χ2n) is 6.56. The molecule has 1 aliphatic carbocycles. The van der Waals surface area contributed by atoms with Crippen molar-refractivity contribution in [2.24, 2.45) is 5.92 Å². The maximum atomic E-state index is 4.64. The summed E-state index contributed by atoms with van der Waals surface area (Å²) < 4.78 is 0. The molecule has 1 fully saturated rings. The van der Waals surface area contributed by atoms with Crippen molar-refractivity contribution in [2.75, 3.05) is 6.54 Å². The molecule has 0 aromatic carbocycles. The molecule has 2 heteroatoms. The van der Waals surface area contributed by atoms with Gasteiger partial charge in [0.2, 0.25) is 0 Å². The molecule has 0 radical (unpaired) electrons. The highest BCUT2D eigenvalue weighted by Gasteiger charge is 2.18. The van der Waals surface area contributed by atoms with Gasteiger partial charge in [0.1, 0.15) is 0 Å². The number of aromatic nitrogens is 1. The van der Waals surface area contributed by atoms with E-state index in [0.717, 1.165) is 25.3 Å². The van der Waals surface area contributed by atoms with Crippen molar-refractivity contribution in [1.82, 2.24) is 10.3 Å². The van der Waals surface area contributed by atoms with E-state index in [4.69, 9.17) is 0 Å². The monoisotopic (exact) mass is 288 g/mol. The first-order valence-electron chi connectivity index (χ1n) is 8.99. The molecule has 2 rings (SSSR count). The maximum absolute atomic E-state index is 4.64. The molecule has 1 heterocycles. The quantitative estimate of drug-likeness (QED) is 0.746. The van der Waals surface area contributed by atoms with E-state index in [1.807, 2.05) is 6.20 Å². The number of aryl methyl sites for hydroxylation is 1. The van der Waals surface area contributed by atoms with Crippen LogP contribution >= 0.6 is 0 Å². The van der Waals surface area contributed by atoms with Crippen LogP contribution in [0.5, 0.6) is 0 Å². The Morgan fingerprint density at radius 1 is 1.14 bits per heavy atom. The summed E-state index contributed by atoms with van der Waals surface area (Å²) in [5.74, 6) is 0.923. The average Bonchev–Trinajstić information content (AvgIpc) is 2.77. The zero-order valence-corrected chi connectivity index (χ0v) is 13.9. The molecule has 2 nitrogen and oxygen atoms in total. The lowest BCUT2D eigenvalue weighted by Gasteiger charge is -2.23. The Hall–Kier alpha value is -0.890. The molecule has 1 aromatic heterocycles. The molecule has 118 valence electrons. The van der Waals surface area contributed by atoms with E-state index in [-0.39, 0.29) is 0 Å². The SMILES string of the molecule is CCNC(Cc1ccc(CC)cn1)CC1CCCCCC1. The highest BCUT2D eigenvalue weighted by molar-refractivity contribution is 5.14. The molecule has 1 N–H and O–H groups in total. The fourth-order valence-corrected chi connectivity index (χ4v) is 3.57. The van der Waals surface area contributed by atoms with Gasteiger partial charge in [0, 0.05) is 24.4 Å². The topological polar surface area (TPSA) is 24.9 Å². The summed E-state index contributed by atoms with van der Waals surface area (Å²) >= 11 is 0. The van der Waals surface area contributed by atoms with Crippen LogP contribution in [0.3, 0.4) is 0 Å². The fourth-order valence-electron chi connectivity index (χ4n) is 3.57. The van der Waals surface area contributed by atoms with Gasteiger partial charge in [0.25, 0.3) is 0 Å². The standard InChI is InChI=1S/C19H32N2/c1-3-16-11-12-18(21-15-16)14-19(20-4-2)13-17-9-7-5-6-8-10-17/h11-12,15,17,19-20H,3-10,13-14H2,1-2H3. The summed E-state index contributed by atoms with van der Waals surface area (Å²) in [6.07, 6.45) is 14.2. The van der Waals surface area contributed by atoms with Gasteiger partial charge in [-0.2, -0.15) is 0 Å². The molecule has 1 saturated carbocycles. The summed E-state index contributed by atoms with van der Waals surface area (Å²) in [6, 6.07) is 5.05. The molecule has 0 bridgehead atoms. The van der Waals surface area contributed by atoms with Crippen LogP contribution in [-0.2, 0) is 12.8 Å². The molecule has 21 heavy (non-hydrogen) atoms. The van der Waals surface area contributed by atoms with Crippen molar-refractivity contribution in [3.63, 3.8) is 0 Å². The summed E-state index contributed by atoms with van der Waals surface area (Å²) in [7, 11) is 0. The zero-order chi connectivity index (χ0) is 14.9. The summed E-state index contributed by atoms with van der Waals surface area (Å²) in [5.41, 5.74) is 2.58. The van der Waals surface area contributed by atoms with E-state index in [0.29, 0.717) is 6.04 Å². The van der Waals surface area contributed by atoms with Gasteiger partial charge < -0.3 is 5.32 Å². The normalized spacial score (nSPS) is 18.4. The fraction of sp³-hybridized carbons (Fsp3) is 0.737. The van der Waals surface area contributed by atoms with Crippen LogP contribution < -0.4 is 5.32 Å². The van der Waals surface area contributed by atoms with E-state index in [1.54, 1.807) is 0 Å². The van der Waals surface area contributed by atoms with Gasteiger partial charge in [-0.05, 0) is 36.9 Å². The average molecular weight is 288 g/mol. The van der Waals surface area contributed by atoms with Crippen LogP contribution in [0.4, 0.5) is 0 Å². The van der Waals surface area contributed by atoms with Gasteiger partial charge in [-0.25, -0.2) is 0 Å². The van der Waals surface area contributed by atoms with E-state index in [2.05, 4.69) is 36.3 Å². The first kappa shape index (κ1) is 16.5. The molecule has 0 aliphatic heterocycles. The van der Waals surface area contributed by atoms with Crippen molar-refractivity contribution in [3.8, 4) is 0 Å². The van der Waals surface area contributed by atoms with Gasteiger partial charge in [-0.15, -0.1) is 0 Å². The molecule has 0 saturated heterocycles. The Kier molecular flexibility index (Phi) is 7.21. The summed E-state index contributed by atoms with van der Waals surface area (Å²) in [6.45, 7) is 5.46. The molecular formula is C19H32N2. The minimum absolute atomic E-state index is 0.595. The Bertz CT molecular complexity index is 377. The third kappa shape index (κ3) is 5.78. The second kappa shape index (κ2) is 9.19. The van der Waals surface area contributed by atoms with Crippen molar-refractivity contribution >= 4 is 0 Å². The Labute approximate surface area is 130 Å². The van der Waals surface area contributed by atoms with Crippen LogP contribution in [0.25, 0.3) is 0 Å².